The molecule has 0 aromatic heterocycles. The topological polar surface area (TPSA) is 66.9 Å². The van der Waals surface area contributed by atoms with Crippen molar-refractivity contribution in [2.45, 2.75) is 19.0 Å². The molecule has 2 aliphatic heterocycles. The molecule has 0 spiro atoms. The van der Waals surface area contributed by atoms with Crippen LogP contribution in [0.15, 0.2) is 72.8 Å². The monoisotopic (exact) mass is 446 g/mol. The van der Waals surface area contributed by atoms with E-state index in [2.05, 4.69) is 0 Å². The molecular weight excluding hydrogens is 428 g/mol. The molecule has 0 radical (unpaired) electrons. The van der Waals surface area contributed by atoms with Crippen LogP contribution in [0, 0.1) is 0 Å². The molecule has 6 nitrogen and oxygen atoms in total. The summed E-state index contributed by atoms with van der Waals surface area (Å²) in [6.45, 7) is 2.44. The van der Waals surface area contributed by atoms with Crippen LogP contribution in [0.2, 0.25) is 5.02 Å². The molecule has 3 amide bonds. The summed E-state index contributed by atoms with van der Waals surface area (Å²) in [5.41, 5.74) is 2.08. The van der Waals surface area contributed by atoms with Gasteiger partial charge in [-0.05, 0) is 61.0 Å². The van der Waals surface area contributed by atoms with Gasteiger partial charge in [-0.25, -0.2) is 0 Å². The lowest BCUT2D eigenvalue weighted by molar-refractivity contribution is -0.130. The highest BCUT2D eigenvalue weighted by Crippen LogP contribution is 2.44. The highest BCUT2D eigenvalue weighted by Gasteiger charge is 2.57. The lowest BCUT2D eigenvalue weighted by Crippen LogP contribution is -2.67. The van der Waals surface area contributed by atoms with Crippen LogP contribution in [-0.2, 0) is 4.79 Å². The summed E-state index contributed by atoms with van der Waals surface area (Å²) >= 11 is 6.02. The van der Waals surface area contributed by atoms with E-state index < -0.39 is 23.9 Å². The minimum absolute atomic E-state index is 0.319. The van der Waals surface area contributed by atoms with E-state index in [1.54, 1.807) is 53.4 Å². The van der Waals surface area contributed by atoms with Gasteiger partial charge in [-0.1, -0.05) is 35.9 Å². The highest BCUT2D eigenvalue weighted by atomic mass is 35.5. The first-order valence-electron chi connectivity index (χ1n) is 10.3. The quantitative estimate of drug-likeness (QED) is 0.428. The standard InChI is InChI=1S/C25H19ClN2O4/c1-2-32-18-13-7-15(8-14-18)21-22(25(31)27(21)17-11-9-16(26)10-12-17)28-23(29)19-5-3-4-6-20(19)24(28)30/h3-14,21-22H,2H2,1H3/t21-,22+/m0/s1. The Labute approximate surface area is 190 Å². The van der Waals surface area contributed by atoms with Crippen molar-refractivity contribution >= 4 is 35.0 Å². The fraction of sp³-hybridized carbons (Fsp3) is 0.160. The molecule has 3 aromatic rings. The van der Waals surface area contributed by atoms with Crippen LogP contribution in [0.25, 0.3) is 0 Å². The third-order valence-electron chi connectivity index (χ3n) is 5.81. The lowest BCUT2D eigenvalue weighted by Gasteiger charge is -2.49. The molecule has 1 fully saturated rings. The number of carbonyl (C=O) groups is 3. The van der Waals surface area contributed by atoms with Crippen molar-refractivity contribution in [2.75, 3.05) is 11.5 Å². The van der Waals surface area contributed by atoms with E-state index in [1.807, 2.05) is 31.2 Å². The molecule has 7 heteroatoms. The van der Waals surface area contributed by atoms with E-state index in [0.717, 1.165) is 10.5 Å². The van der Waals surface area contributed by atoms with E-state index in [0.29, 0.717) is 34.2 Å². The molecule has 0 saturated carbocycles. The van der Waals surface area contributed by atoms with Crippen LogP contribution < -0.4 is 9.64 Å². The van der Waals surface area contributed by atoms with Crippen molar-refractivity contribution in [3.63, 3.8) is 0 Å². The van der Waals surface area contributed by atoms with Gasteiger partial charge < -0.3 is 9.64 Å². The van der Waals surface area contributed by atoms with Gasteiger partial charge in [-0.15, -0.1) is 0 Å². The fourth-order valence-electron chi connectivity index (χ4n) is 4.33. The summed E-state index contributed by atoms with van der Waals surface area (Å²) < 4.78 is 5.53. The first kappa shape index (κ1) is 20.3. The second-order valence-electron chi connectivity index (χ2n) is 7.60. The van der Waals surface area contributed by atoms with Crippen LogP contribution in [-0.4, -0.2) is 35.3 Å². The van der Waals surface area contributed by atoms with Crippen LogP contribution in [0.1, 0.15) is 39.2 Å². The minimum Gasteiger partial charge on any atom is -0.494 e. The summed E-state index contributed by atoms with van der Waals surface area (Å²) in [5, 5.41) is 0.552. The Morgan fingerprint density at radius 3 is 1.94 bits per heavy atom. The predicted molar refractivity (Wildman–Crippen MR) is 120 cm³/mol. The maximum atomic E-state index is 13.4. The smallest absolute Gasteiger partial charge is 0.262 e. The van der Waals surface area contributed by atoms with Gasteiger partial charge in [0.2, 0.25) is 0 Å². The summed E-state index contributed by atoms with van der Waals surface area (Å²) in [6.07, 6.45) is 0. The van der Waals surface area contributed by atoms with Gasteiger partial charge >= 0.3 is 0 Å². The number of fused-ring (bicyclic) bond motifs is 1. The van der Waals surface area contributed by atoms with Crippen molar-refractivity contribution < 1.29 is 19.1 Å². The minimum atomic E-state index is -0.934. The van der Waals surface area contributed by atoms with Crippen molar-refractivity contribution in [3.8, 4) is 5.75 Å². The Bertz CT molecular complexity index is 1190. The largest absolute Gasteiger partial charge is 0.494 e. The molecule has 0 unspecified atom stereocenters. The first-order valence-corrected chi connectivity index (χ1v) is 10.7. The average molecular weight is 447 g/mol. The molecule has 160 valence electrons. The van der Waals surface area contributed by atoms with E-state index >= 15 is 0 Å². The van der Waals surface area contributed by atoms with Gasteiger partial charge in [0.25, 0.3) is 17.7 Å². The molecular formula is C25H19ClN2O4. The third-order valence-corrected chi connectivity index (χ3v) is 6.06. The Morgan fingerprint density at radius 1 is 0.781 bits per heavy atom. The zero-order valence-corrected chi connectivity index (χ0v) is 18.0. The predicted octanol–water partition coefficient (Wildman–Crippen LogP) is 4.49. The summed E-state index contributed by atoms with van der Waals surface area (Å²) in [6, 6.07) is 19.4. The number of anilines is 1. The zero-order valence-electron chi connectivity index (χ0n) is 17.2. The van der Waals surface area contributed by atoms with Crippen molar-refractivity contribution in [3.05, 3.63) is 94.5 Å². The van der Waals surface area contributed by atoms with E-state index in [-0.39, 0.29) is 5.91 Å². The summed E-state index contributed by atoms with van der Waals surface area (Å²) in [5.74, 6) is -0.510. The maximum Gasteiger partial charge on any atom is 0.262 e. The van der Waals surface area contributed by atoms with E-state index in [1.165, 1.54) is 0 Å². The molecule has 3 aromatic carbocycles. The summed E-state index contributed by atoms with van der Waals surface area (Å²) in [4.78, 5) is 42.2. The highest BCUT2D eigenvalue weighted by molar-refractivity contribution is 6.30. The molecule has 0 aliphatic carbocycles. The van der Waals surface area contributed by atoms with Crippen molar-refractivity contribution in [2.24, 2.45) is 0 Å². The van der Waals surface area contributed by atoms with Gasteiger partial charge in [0.05, 0.1) is 23.8 Å². The van der Waals surface area contributed by atoms with Crippen LogP contribution in [0.4, 0.5) is 5.69 Å². The van der Waals surface area contributed by atoms with Gasteiger partial charge in [-0.3, -0.25) is 19.3 Å². The molecule has 0 N–H and O–H groups in total. The van der Waals surface area contributed by atoms with Crippen molar-refractivity contribution in [1.82, 2.24) is 4.90 Å². The van der Waals surface area contributed by atoms with E-state index in [9.17, 15) is 14.4 Å². The number of carbonyl (C=O) groups excluding carboxylic acids is 3. The number of imide groups is 1. The third kappa shape index (κ3) is 3.07. The SMILES string of the molecule is CCOc1ccc([C@H]2[C@@H](N3C(=O)c4ccccc4C3=O)C(=O)N2c2ccc(Cl)cc2)cc1. The molecule has 32 heavy (non-hydrogen) atoms. The van der Waals surface area contributed by atoms with Gasteiger partial charge in [0.15, 0.2) is 0 Å². The van der Waals surface area contributed by atoms with Gasteiger partial charge in [-0.2, -0.15) is 0 Å². The Morgan fingerprint density at radius 2 is 1.38 bits per heavy atom. The number of hydrogen-bond acceptors (Lipinski definition) is 4. The molecule has 2 atom stereocenters. The van der Waals surface area contributed by atoms with Crippen LogP contribution in [0.5, 0.6) is 5.75 Å². The second-order valence-corrected chi connectivity index (χ2v) is 8.04. The Balaban J connectivity index is 1.56. The molecule has 5 rings (SSSR count). The number of nitrogens with zero attached hydrogens (tertiary/aromatic N) is 2. The molecule has 0 bridgehead atoms. The number of β-lactam (4-membered cyclic amide) rings is 1. The average Bonchev–Trinajstić information content (AvgIpc) is 3.05. The van der Waals surface area contributed by atoms with E-state index in [4.69, 9.17) is 16.3 Å². The number of amides is 3. The molecule has 2 heterocycles. The number of hydrogen-bond donors (Lipinski definition) is 0. The van der Waals surface area contributed by atoms with Crippen LogP contribution in [0.3, 0.4) is 0 Å². The maximum absolute atomic E-state index is 13.4. The molecule has 2 aliphatic rings. The summed E-state index contributed by atoms with van der Waals surface area (Å²) in [7, 11) is 0. The Kier molecular flexibility index (Phi) is 4.94. The number of rotatable bonds is 5. The fourth-order valence-corrected chi connectivity index (χ4v) is 4.46. The van der Waals surface area contributed by atoms with Crippen molar-refractivity contribution in [1.29, 1.82) is 0 Å². The second kappa shape index (κ2) is 7.80. The number of benzene rings is 3. The van der Waals surface area contributed by atoms with Crippen LogP contribution >= 0.6 is 11.6 Å². The first-order chi connectivity index (χ1) is 15.5. The number of ether oxygens (including phenoxy) is 1. The zero-order chi connectivity index (χ0) is 22.4. The normalized spacial score (nSPS) is 19.8. The Hall–Kier alpha value is -3.64. The number of halogens is 1. The molecule has 1 saturated heterocycles. The van der Waals surface area contributed by atoms with Gasteiger partial charge in [0.1, 0.15) is 11.8 Å². The lowest BCUT2D eigenvalue weighted by atomic mass is 9.86. The van der Waals surface area contributed by atoms with Gasteiger partial charge in [0, 0.05) is 10.7 Å².